The number of hydrogen-bond donors (Lipinski definition) is 1. The summed E-state index contributed by atoms with van der Waals surface area (Å²) < 4.78 is 3.53. The Labute approximate surface area is 99.3 Å². The Balaban J connectivity index is 2.93. The van der Waals surface area contributed by atoms with Gasteiger partial charge >= 0.3 is 0 Å². The molecule has 5 heteroatoms. The average molecular weight is 235 g/mol. The number of fused-ring (bicyclic) bond motifs is 1. The molecule has 0 aliphatic heterocycles. The van der Waals surface area contributed by atoms with E-state index in [-0.39, 0.29) is 12.2 Å². The molecule has 0 fully saturated rings. The van der Waals surface area contributed by atoms with Gasteiger partial charge in [-0.15, -0.1) is 0 Å². The van der Waals surface area contributed by atoms with Gasteiger partial charge in [-0.05, 0) is 20.8 Å². The van der Waals surface area contributed by atoms with E-state index in [9.17, 15) is 4.79 Å². The van der Waals surface area contributed by atoms with Gasteiger partial charge in [-0.2, -0.15) is 0 Å². The fourth-order valence-corrected chi connectivity index (χ4v) is 2.13. The maximum absolute atomic E-state index is 12.3. The van der Waals surface area contributed by atoms with Crippen molar-refractivity contribution in [1.82, 2.24) is 14.0 Å². The predicted molar refractivity (Wildman–Crippen MR) is 65.4 cm³/mol. The van der Waals surface area contributed by atoms with Gasteiger partial charge in [-0.1, -0.05) is 0 Å². The van der Waals surface area contributed by atoms with Crippen LogP contribution in [0.25, 0.3) is 5.78 Å². The van der Waals surface area contributed by atoms with Crippen LogP contribution in [0, 0.1) is 20.8 Å². The molecule has 0 aromatic carbocycles. The molecule has 0 spiro atoms. The summed E-state index contributed by atoms with van der Waals surface area (Å²) in [5, 5.41) is 8.99. The maximum Gasteiger partial charge on any atom is 0.262 e. The standard InChI is InChI=1S/C12H17N3O2/c1-7-10(5-6-16)11(17)15-9(3)8(2)14(4)12(15)13-7/h16H,5-6H2,1-4H3. The van der Waals surface area contributed by atoms with Crippen LogP contribution in [0.3, 0.4) is 0 Å². The largest absolute Gasteiger partial charge is 0.396 e. The molecule has 0 amide bonds. The van der Waals surface area contributed by atoms with Crippen LogP contribution >= 0.6 is 0 Å². The number of aryl methyl sites for hydroxylation is 3. The molecule has 2 aromatic heterocycles. The number of imidazole rings is 1. The number of hydrogen-bond acceptors (Lipinski definition) is 3. The quantitative estimate of drug-likeness (QED) is 0.824. The number of rotatable bonds is 2. The van der Waals surface area contributed by atoms with Crippen molar-refractivity contribution in [3.63, 3.8) is 0 Å². The van der Waals surface area contributed by atoms with Crippen LogP contribution in [0.15, 0.2) is 4.79 Å². The fraction of sp³-hybridized carbons (Fsp3) is 0.500. The highest BCUT2D eigenvalue weighted by Gasteiger charge is 2.15. The summed E-state index contributed by atoms with van der Waals surface area (Å²) in [5.41, 5.74) is 3.15. The highest BCUT2D eigenvalue weighted by molar-refractivity contribution is 5.40. The second-order valence-corrected chi connectivity index (χ2v) is 4.32. The summed E-state index contributed by atoms with van der Waals surface area (Å²) in [7, 11) is 1.90. The van der Waals surface area contributed by atoms with Gasteiger partial charge in [0.05, 0.1) is 5.69 Å². The van der Waals surface area contributed by atoms with Crippen LogP contribution in [-0.2, 0) is 13.5 Å². The Bertz CT molecular complexity index is 637. The van der Waals surface area contributed by atoms with E-state index in [1.165, 1.54) is 0 Å². The molecule has 1 N–H and O–H groups in total. The van der Waals surface area contributed by atoms with Crippen molar-refractivity contribution in [2.24, 2.45) is 7.05 Å². The lowest BCUT2D eigenvalue weighted by Gasteiger charge is -2.05. The van der Waals surface area contributed by atoms with Crippen LogP contribution in [-0.4, -0.2) is 25.7 Å². The van der Waals surface area contributed by atoms with Crippen LogP contribution in [0.1, 0.15) is 22.6 Å². The zero-order valence-corrected chi connectivity index (χ0v) is 10.6. The minimum absolute atomic E-state index is 0.0330. The van der Waals surface area contributed by atoms with Gasteiger partial charge in [-0.25, -0.2) is 9.38 Å². The number of aliphatic hydroxyl groups is 1. The SMILES string of the molecule is Cc1nc2n(C)c(C)c(C)n2c(=O)c1CCO. The van der Waals surface area contributed by atoms with Crippen molar-refractivity contribution in [2.45, 2.75) is 27.2 Å². The van der Waals surface area contributed by atoms with E-state index in [2.05, 4.69) is 4.98 Å². The van der Waals surface area contributed by atoms with E-state index in [0.29, 0.717) is 23.5 Å². The Morgan fingerprint density at radius 1 is 1.24 bits per heavy atom. The first-order valence-corrected chi connectivity index (χ1v) is 5.64. The smallest absolute Gasteiger partial charge is 0.262 e. The monoisotopic (exact) mass is 235 g/mol. The molecular weight excluding hydrogens is 218 g/mol. The molecule has 2 aromatic rings. The van der Waals surface area contributed by atoms with E-state index in [1.807, 2.05) is 32.4 Å². The van der Waals surface area contributed by atoms with Crippen molar-refractivity contribution >= 4 is 5.78 Å². The molecule has 2 heterocycles. The highest BCUT2D eigenvalue weighted by Crippen LogP contribution is 2.12. The number of aromatic nitrogens is 3. The number of nitrogens with zero attached hydrogens (tertiary/aromatic N) is 3. The Morgan fingerprint density at radius 2 is 1.88 bits per heavy atom. The third-order valence-corrected chi connectivity index (χ3v) is 3.39. The molecule has 17 heavy (non-hydrogen) atoms. The lowest BCUT2D eigenvalue weighted by molar-refractivity contribution is 0.298. The van der Waals surface area contributed by atoms with E-state index < -0.39 is 0 Å². The third kappa shape index (κ3) is 1.58. The maximum atomic E-state index is 12.3. The van der Waals surface area contributed by atoms with Crippen LogP contribution in [0.4, 0.5) is 0 Å². The molecule has 2 rings (SSSR count). The molecule has 92 valence electrons. The molecule has 0 saturated heterocycles. The summed E-state index contributed by atoms with van der Waals surface area (Å²) in [6.07, 6.45) is 0.355. The van der Waals surface area contributed by atoms with Crippen molar-refractivity contribution in [3.05, 3.63) is 33.0 Å². The molecule has 0 bridgehead atoms. The summed E-state index contributed by atoms with van der Waals surface area (Å²) in [6, 6.07) is 0. The van der Waals surface area contributed by atoms with Crippen molar-refractivity contribution < 1.29 is 5.11 Å². The zero-order valence-electron chi connectivity index (χ0n) is 10.6. The van der Waals surface area contributed by atoms with Gasteiger partial charge in [0, 0.05) is 37.0 Å². The van der Waals surface area contributed by atoms with Gasteiger partial charge in [0.25, 0.3) is 5.56 Å². The predicted octanol–water partition coefficient (Wildman–Crippen LogP) is 0.493. The highest BCUT2D eigenvalue weighted by atomic mass is 16.3. The first-order chi connectivity index (χ1) is 7.99. The molecule has 5 nitrogen and oxygen atoms in total. The van der Waals surface area contributed by atoms with Gasteiger partial charge in [0.15, 0.2) is 0 Å². The van der Waals surface area contributed by atoms with Crippen molar-refractivity contribution in [2.75, 3.05) is 6.61 Å². The van der Waals surface area contributed by atoms with E-state index in [0.717, 1.165) is 11.4 Å². The van der Waals surface area contributed by atoms with E-state index in [1.54, 1.807) is 4.40 Å². The Morgan fingerprint density at radius 3 is 2.47 bits per heavy atom. The molecule has 0 aliphatic carbocycles. The second kappa shape index (κ2) is 4.00. The Kier molecular flexibility index (Phi) is 2.79. The normalized spacial score (nSPS) is 11.4. The molecule has 0 unspecified atom stereocenters. The molecule has 0 atom stereocenters. The molecule has 0 aliphatic rings. The minimum Gasteiger partial charge on any atom is -0.396 e. The second-order valence-electron chi connectivity index (χ2n) is 4.32. The van der Waals surface area contributed by atoms with Gasteiger partial charge in [-0.3, -0.25) is 4.79 Å². The van der Waals surface area contributed by atoms with Crippen LogP contribution in [0.5, 0.6) is 0 Å². The molecule has 0 saturated carbocycles. The van der Waals surface area contributed by atoms with Crippen molar-refractivity contribution in [1.29, 1.82) is 0 Å². The average Bonchev–Trinajstić information content (AvgIpc) is 2.50. The lowest BCUT2D eigenvalue weighted by Crippen LogP contribution is -2.23. The summed E-state index contributed by atoms with van der Waals surface area (Å²) >= 11 is 0. The first kappa shape index (κ1) is 11.9. The van der Waals surface area contributed by atoms with Gasteiger partial charge < -0.3 is 9.67 Å². The fourth-order valence-electron chi connectivity index (χ4n) is 2.13. The van der Waals surface area contributed by atoms with Gasteiger partial charge in [0.1, 0.15) is 0 Å². The van der Waals surface area contributed by atoms with Gasteiger partial charge in [0.2, 0.25) is 5.78 Å². The summed E-state index contributed by atoms with van der Waals surface area (Å²) in [5.74, 6) is 0.657. The van der Waals surface area contributed by atoms with E-state index in [4.69, 9.17) is 5.11 Å². The topological polar surface area (TPSA) is 59.5 Å². The molecule has 0 radical (unpaired) electrons. The lowest BCUT2D eigenvalue weighted by atomic mass is 10.2. The first-order valence-electron chi connectivity index (χ1n) is 5.64. The summed E-state index contributed by atoms with van der Waals surface area (Å²) in [6.45, 7) is 5.65. The zero-order chi connectivity index (χ0) is 12.7. The molecular formula is C12H17N3O2. The third-order valence-electron chi connectivity index (χ3n) is 3.39. The Hall–Kier alpha value is -1.62. The number of aliphatic hydroxyl groups excluding tert-OH is 1. The van der Waals surface area contributed by atoms with Crippen LogP contribution in [0.2, 0.25) is 0 Å². The summed E-state index contributed by atoms with van der Waals surface area (Å²) in [4.78, 5) is 16.8. The van der Waals surface area contributed by atoms with Crippen LogP contribution < -0.4 is 5.56 Å². The van der Waals surface area contributed by atoms with Crippen molar-refractivity contribution in [3.8, 4) is 0 Å². The van der Waals surface area contributed by atoms with E-state index >= 15 is 0 Å². The minimum atomic E-state index is -0.0669.